The number of rotatable bonds is 6. The van der Waals surface area contributed by atoms with Gasteiger partial charge >= 0.3 is 6.03 Å². The lowest BCUT2D eigenvalue weighted by Crippen LogP contribution is -2.40. The number of carbonyl (C=O) groups is 2. The van der Waals surface area contributed by atoms with Gasteiger partial charge in [-0.05, 0) is 43.0 Å². The van der Waals surface area contributed by atoms with Crippen LogP contribution in [0.5, 0.6) is 0 Å². The molecule has 0 heterocycles. The number of amides is 3. The Morgan fingerprint density at radius 1 is 1.33 bits per heavy atom. The smallest absolute Gasteiger partial charge is 0.321 e. The molecule has 0 fully saturated rings. The molecule has 0 aliphatic heterocycles. The molecule has 0 aliphatic rings. The zero-order valence-electron chi connectivity index (χ0n) is 12.7. The maximum absolute atomic E-state index is 11.7. The Morgan fingerprint density at radius 3 is 2.67 bits per heavy atom. The molecule has 3 amide bonds. The van der Waals surface area contributed by atoms with Crippen LogP contribution in [0.1, 0.15) is 25.8 Å². The number of nitrogens with two attached hydrogens (primary N) is 1. The second kappa shape index (κ2) is 8.56. The van der Waals surface area contributed by atoms with Gasteiger partial charge in [-0.3, -0.25) is 10.1 Å². The van der Waals surface area contributed by atoms with Gasteiger partial charge in [0, 0.05) is 17.1 Å². The van der Waals surface area contributed by atoms with Crippen LogP contribution in [0.2, 0.25) is 0 Å². The van der Waals surface area contributed by atoms with Crippen molar-refractivity contribution in [2.75, 3.05) is 18.0 Å². The quantitative estimate of drug-likeness (QED) is 0.557. The number of imide groups is 1. The second-order valence-electron chi connectivity index (χ2n) is 5.29. The number of hydrogen-bond donors (Lipinski definition) is 3. The van der Waals surface area contributed by atoms with E-state index in [1.54, 1.807) is 0 Å². The molecule has 0 unspecified atom stereocenters. The van der Waals surface area contributed by atoms with E-state index in [0.717, 1.165) is 22.6 Å². The molecule has 21 heavy (non-hydrogen) atoms. The van der Waals surface area contributed by atoms with Crippen LogP contribution < -0.4 is 16.4 Å². The molecule has 0 spiro atoms. The van der Waals surface area contributed by atoms with Crippen molar-refractivity contribution in [1.29, 1.82) is 0 Å². The summed E-state index contributed by atoms with van der Waals surface area (Å²) in [6, 6.07) is 5.17. The average molecular weight is 309 g/mol. The number of nitrogens with one attached hydrogen (secondary N) is 2. The maximum Gasteiger partial charge on any atom is 0.321 e. The molecule has 116 valence electrons. The molecule has 4 N–H and O–H groups in total. The number of benzene rings is 1. The number of urea groups is 1. The molecule has 1 aromatic carbocycles. The van der Waals surface area contributed by atoms with Crippen LogP contribution in [-0.4, -0.2) is 24.2 Å². The van der Waals surface area contributed by atoms with Gasteiger partial charge in [0.1, 0.15) is 0 Å². The Kier molecular flexibility index (Phi) is 7.08. The highest BCUT2D eigenvalue weighted by Gasteiger charge is 2.08. The van der Waals surface area contributed by atoms with E-state index in [1.807, 2.05) is 25.1 Å². The Hall–Kier alpha value is -1.69. The van der Waals surface area contributed by atoms with Gasteiger partial charge in [-0.2, -0.15) is 0 Å². The average Bonchev–Trinajstić information content (AvgIpc) is 2.39. The highest BCUT2D eigenvalue weighted by atomic mass is 32.2. The summed E-state index contributed by atoms with van der Waals surface area (Å²) in [6.45, 7) is 6.65. The zero-order valence-corrected chi connectivity index (χ0v) is 13.5. The molecule has 0 saturated heterocycles. The minimum absolute atomic E-state index is 0.195. The highest BCUT2D eigenvalue weighted by Crippen LogP contribution is 2.22. The summed E-state index contributed by atoms with van der Waals surface area (Å²) >= 11 is 1.37. The van der Waals surface area contributed by atoms with Gasteiger partial charge < -0.3 is 11.1 Å². The molecule has 0 saturated carbocycles. The highest BCUT2D eigenvalue weighted by molar-refractivity contribution is 8.00. The molecule has 0 bridgehead atoms. The molecular weight excluding hydrogens is 286 g/mol. The Morgan fingerprint density at radius 2 is 2.05 bits per heavy atom. The number of thioether (sulfide) groups is 1. The summed E-state index contributed by atoms with van der Waals surface area (Å²) in [5.41, 5.74) is 7.45. The topological polar surface area (TPSA) is 84.2 Å². The van der Waals surface area contributed by atoms with Gasteiger partial charge in [0.05, 0.1) is 5.75 Å². The number of carbonyl (C=O) groups excluding carboxylic acids is 2. The fourth-order valence-corrected chi connectivity index (χ4v) is 2.36. The van der Waals surface area contributed by atoms with Crippen LogP contribution in [0.15, 0.2) is 23.1 Å². The van der Waals surface area contributed by atoms with Crippen molar-refractivity contribution < 1.29 is 9.59 Å². The SMILES string of the molecule is Cc1cc(SCC(=O)NC(=O)NCCC(C)C)ccc1N. The maximum atomic E-state index is 11.7. The van der Waals surface area contributed by atoms with E-state index in [2.05, 4.69) is 24.5 Å². The number of nitrogen functional groups attached to an aromatic ring is 1. The van der Waals surface area contributed by atoms with Crippen LogP contribution >= 0.6 is 11.8 Å². The van der Waals surface area contributed by atoms with E-state index in [9.17, 15) is 9.59 Å². The minimum atomic E-state index is -0.435. The summed E-state index contributed by atoms with van der Waals surface area (Å²) < 4.78 is 0. The van der Waals surface area contributed by atoms with Crippen molar-refractivity contribution in [3.8, 4) is 0 Å². The Balaban J connectivity index is 2.30. The molecular formula is C15H23N3O2S. The molecule has 5 nitrogen and oxygen atoms in total. The molecule has 0 aliphatic carbocycles. The third kappa shape index (κ3) is 7.04. The van der Waals surface area contributed by atoms with Crippen molar-refractivity contribution in [2.24, 2.45) is 5.92 Å². The van der Waals surface area contributed by atoms with Crippen molar-refractivity contribution >= 4 is 29.4 Å². The van der Waals surface area contributed by atoms with Gasteiger partial charge in [0.15, 0.2) is 0 Å². The van der Waals surface area contributed by atoms with Crippen LogP contribution in [0.3, 0.4) is 0 Å². The predicted molar refractivity (Wildman–Crippen MR) is 87.3 cm³/mol. The molecule has 1 aromatic rings. The summed E-state index contributed by atoms with van der Waals surface area (Å²) in [5, 5.41) is 4.98. The molecule has 0 radical (unpaired) electrons. The first-order valence-electron chi connectivity index (χ1n) is 6.95. The molecule has 6 heteroatoms. The van der Waals surface area contributed by atoms with Gasteiger partial charge in [-0.15, -0.1) is 11.8 Å². The number of anilines is 1. The van der Waals surface area contributed by atoms with E-state index in [-0.39, 0.29) is 11.7 Å². The third-order valence-corrected chi connectivity index (χ3v) is 3.87. The number of aryl methyl sites for hydroxylation is 1. The first-order valence-corrected chi connectivity index (χ1v) is 7.93. The summed E-state index contributed by atoms with van der Waals surface area (Å²) in [4.78, 5) is 24.1. The Bertz CT molecular complexity index is 504. The lowest BCUT2D eigenvalue weighted by Gasteiger charge is -2.08. The standard InChI is InChI=1S/C15H23N3O2S/c1-10(2)6-7-17-15(20)18-14(19)9-21-12-4-5-13(16)11(3)8-12/h4-5,8,10H,6-7,9,16H2,1-3H3,(H2,17,18,19,20). The van der Waals surface area contributed by atoms with E-state index < -0.39 is 6.03 Å². The lowest BCUT2D eigenvalue weighted by molar-refractivity contribution is -0.117. The van der Waals surface area contributed by atoms with E-state index >= 15 is 0 Å². The largest absolute Gasteiger partial charge is 0.399 e. The summed E-state index contributed by atoms with van der Waals surface area (Å²) in [6.07, 6.45) is 0.890. The van der Waals surface area contributed by atoms with Crippen LogP contribution in [0.4, 0.5) is 10.5 Å². The van der Waals surface area contributed by atoms with Crippen molar-refractivity contribution in [3.63, 3.8) is 0 Å². The van der Waals surface area contributed by atoms with Gasteiger partial charge in [0.2, 0.25) is 5.91 Å². The van der Waals surface area contributed by atoms with Crippen molar-refractivity contribution in [1.82, 2.24) is 10.6 Å². The molecule has 1 rings (SSSR count). The fraction of sp³-hybridized carbons (Fsp3) is 0.467. The lowest BCUT2D eigenvalue weighted by atomic mass is 10.1. The van der Waals surface area contributed by atoms with Gasteiger partial charge in [0.25, 0.3) is 0 Å². The van der Waals surface area contributed by atoms with Gasteiger partial charge in [-0.1, -0.05) is 13.8 Å². The van der Waals surface area contributed by atoms with E-state index in [4.69, 9.17) is 5.73 Å². The third-order valence-electron chi connectivity index (χ3n) is 2.87. The first-order chi connectivity index (χ1) is 9.88. The number of hydrogen-bond acceptors (Lipinski definition) is 4. The summed E-state index contributed by atoms with van der Waals surface area (Å²) in [5.74, 6) is 0.405. The predicted octanol–water partition coefficient (Wildman–Crippen LogP) is 2.54. The van der Waals surface area contributed by atoms with Crippen molar-refractivity contribution in [2.45, 2.75) is 32.1 Å². The zero-order chi connectivity index (χ0) is 15.8. The van der Waals surface area contributed by atoms with Crippen molar-refractivity contribution in [3.05, 3.63) is 23.8 Å². The normalized spacial score (nSPS) is 10.5. The summed E-state index contributed by atoms with van der Waals surface area (Å²) in [7, 11) is 0. The van der Waals surface area contributed by atoms with Crippen LogP contribution in [-0.2, 0) is 4.79 Å². The van der Waals surface area contributed by atoms with E-state index in [1.165, 1.54) is 11.8 Å². The minimum Gasteiger partial charge on any atom is -0.399 e. The molecule has 0 aromatic heterocycles. The van der Waals surface area contributed by atoms with Crippen LogP contribution in [0, 0.1) is 12.8 Å². The monoisotopic (exact) mass is 309 g/mol. The first kappa shape index (κ1) is 17.4. The van der Waals surface area contributed by atoms with E-state index in [0.29, 0.717) is 12.5 Å². The van der Waals surface area contributed by atoms with Gasteiger partial charge in [-0.25, -0.2) is 4.79 Å². The molecule has 0 atom stereocenters. The fourth-order valence-electron chi connectivity index (χ4n) is 1.57. The Labute approximate surface area is 130 Å². The van der Waals surface area contributed by atoms with Crippen LogP contribution in [0.25, 0.3) is 0 Å². The second-order valence-corrected chi connectivity index (χ2v) is 6.34.